The second kappa shape index (κ2) is 5.35. The molecule has 0 bridgehead atoms. The van der Waals surface area contributed by atoms with Crippen molar-refractivity contribution in [3.8, 4) is 0 Å². The Hall–Kier alpha value is -0.320. The Morgan fingerprint density at radius 1 is 1.58 bits per heavy atom. The van der Waals surface area contributed by atoms with E-state index in [1.54, 1.807) is 0 Å². The maximum absolute atomic E-state index is 10.7. The fraction of sp³-hybridized carbons (Fsp3) is 0.857. The maximum atomic E-state index is 10.7. The lowest BCUT2D eigenvalue weighted by Gasteiger charge is -2.10. The number of nitrogens with one attached hydrogen (secondary N) is 1. The molecule has 5 heteroatoms. The average Bonchev–Trinajstić information content (AvgIpc) is 2.81. The molecule has 12 heavy (non-hydrogen) atoms. The van der Waals surface area contributed by atoms with Crippen LogP contribution in [0, 0.1) is 5.92 Å². The summed E-state index contributed by atoms with van der Waals surface area (Å²) >= 11 is 0. The highest BCUT2D eigenvalue weighted by Gasteiger charge is 2.28. The molecule has 0 aromatic heterocycles. The van der Waals surface area contributed by atoms with E-state index in [9.17, 15) is 4.79 Å². The standard InChI is InChI=1S/C7H15N3O.ClH/c8-3-7(11)10-4-6(9)5-1-2-5;/h5-6H,1-4,8-9H2,(H,10,11);1H. The van der Waals surface area contributed by atoms with Gasteiger partial charge in [-0.15, -0.1) is 12.4 Å². The normalized spacial score (nSPS) is 17.8. The smallest absolute Gasteiger partial charge is 0.233 e. The molecule has 0 spiro atoms. The number of carbonyl (C=O) groups is 1. The van der Waals surface area contributed by atoms with Crippen molar-refractivity contribution < 1.29 is 4.79 Å². The summed E-state index contributed by atoms with van der Waals surface area (Å²) in [5.74, 6) is 0.508. The predicted octanol–water partition coefficient (Wildman–Crippen LogP) is -0.780. The first-order chi connectivity index (χ1) is 5.24. The van der Waals surface area contributed by atoms with Crippen LogP contribution in [-0.4, -0.2) is 25.0 Å². The van der Waals surface area contributed by atoms with Gasteiger partial charge in [-0.05, 0) is 18.8 Å². The van der Waals surface area contributed by atoms with E-state index in [-0.39, 0.29) is 30.9 Å². The average molecular weight is 194 g/mol. The highest BCUT2D eigenvalue weighted by atomic mass is 35.5. The van der Waals surface area contributed by atoms with Gasteiger partial charge in [-0.3, -0.25) is 4.79 Å². The molecule has 1 atom stereocenters. The topological polar surface area (TPSA) is 81.1 Å². The summed E-state index contributed by atoms with van der Waals surface area (Å²) in [7, 11) is 0. The first-order valence-electron chi connectivity index (χ1n) is 3.96. The third-order valence-electron chi connectivity index (χ3n) is 1.95. The lowest BCUT2D eigenvalue weighted by Crippen LogP contribution is -2.40. The molecule has 1 aliphatic carbocycles. The summed E-state index contributed by atoms with van der Waals surface area (Å²) in [6.07, 6.45) is 2.42. The Labute approximate surface area is 78.5 Å². The van der Waals surface area contributed by atoms with Crippen molar-refractivity contribution in [1.29, 1.82) is 0 Å². The number of carbonyl (C=O) groups excluding carboxylic acids is 1. The summed E-state index contributed by atoms with van der Waals surface area (Å²) in [5, 5.41) is 2.66. The van der Waals surface area contributed by atoms with Gasteiger partial charge in [-0.25, -0.2) is 0 Å². The molecule has 4 nitrogen and oxygen atoms in total. The van der Waals surface area contributed by atoms with Crippen molar-refractivity contribution >= 4 is 18.3 Å². The number of halogens is 1. The summed E-state index contributed by atoms with van der Waals surface area (Å²) in [6.45, 7) is 0.623. The van der Waals surface area contributed by atoms with Crippen LogP contribution < -0.4 is 16.8 Å². The summed E-state index contributed by atoms with van der Waals surface area (Å²) < 4.78 is 0. The Kier molecular flexibility index (Phi) is 5.20. The minimum atomic E-state index is -0.124. The predicted molar refractivity (Wildman–Crippen MR) is 50.0 cm³/mol. The van der Waals surface area contributed by atoms with Crippen LogP contribution in [0.15, 0.2) is 0 Å². The van der Waals surface area contributed by atoms with E-state index in [0.29, 0.717) is 12.5 Å². The summed E-state index contributed by atoms with van der Waals surface area (Å²) in [5.41, 5.74) is 10.8. The Morgan fingerprint density at radius 3 is 2.58 bits per heavy atom. The molecule has 5 N–H and O–H groups in total. The van der Waals surface area contributed by atoms with Gasteiger partial charge in [0.1, 0.15) is 0 Å². The molecule has 0 aliphatic heterocycles. The van der Waals surface area contributed by atoms with Crippen LogP contribution in [0.25, 0.3) is 0 Å². The Morgan fingerprint density at radius 2 is 2.17 bits per heavy atom. The highest BCUT2D eigenvalue weighted by molar-refractivity contribution is 5.85. The minimum absolute atomic E-state index is 0. The monoisotopic (exact) mass is 193 g/mol. The molecular formula is C7H16ClN3O. The van der Waals surface area contributed by atoms with Gasteiger partial charge < -0.3 is 16.8 Å². The molecule has 0 aromatic carbocycles. The van der Waals surface area contributed by atoms with Crippen LogP contribution in [0.2, 0.25) is 0 Å². The quantitative estimate of drug-likeness (QED) is 0.548. The number of nitrogens with two attached hydrogens (primary N) is 2. The fourth-order valence-corrected chi connectivity index (χ4v) is 0.995. The zero-order valence-corrected chi connectivity index (χ0v) is 7.77. The molecule has 1 unspecified atom stereocenters. The molecular weight excluding hydrogens is 178 g/mol. The van der Waals surface area contributed by atoms with E-state index in [1.165, 1.54) is 12.8 Å². The molecule has 1 rings (SSSR count). The van der Waals surface area contributed by atoms with Crippen molar-refractivity contribution in [3.63, 3.8) is 0 Å². The molecule has 0 saturated heterocycles. The zero-order chi connectivity index (χ0) is 8.27. The van der Waals surface area contributed by atoms with E-state index >= 15 is 0 Å². The van der Waals surface area contributed by atoms with E-state index in [0.717, 1.165) is 0 Å². The van der Waals surface area contributed by atoms with Crippen LogP contribution in [0.3, 0.4) is 0 Å². The Balaban J connectivity index is 0.00000121. The van der Waals surface area contributed by atoms with Crippen LogP contribution >= 0.6 is 12.4 Å². The van der Waals surface area contributed by atoms with Crippen molar-refractivity contribution in [1.82, 2.24) is 5.32 Å². The molecule has 1 fully saturated rings. The van der Waals surface area contributed by atoms with E-state index in [1.807, 2.05) is 0 Å². The maximum Gasteiger partial charge on any atom is 0.233 e. The number of hydrogen-bond donors (Lipinski definition) is 3. The van der Waals surface area contributed by atoms with Gasteiger partial charge in [-0.2, -0.15) is 0 Å². The first kappa shape index (κ1) is 11.7. The molecule has 72 valence electrons. The summed E-state index contributed by atoms with van der Waals surface area (Å²) in [6, 6.07) is 0.130. The second-order valence-corrected chi connectivity index (χ2v) is 3.01. The lowest BCUT2D eigenvalue weighted by atomic mass is 10.2. The van der Waals surface area contributed by atoms with E-state index in [4.69, 9.17) is 11.5 Å². The lowest BCUT2D eigenvalue weighted by molar-refractivity contribution is -0.119. The number of hydrogen-bond acceptors (Lipinski definition) is 3. The Bertz CT molecular complexity index is 150. The van der Waals surface area contributed by atoms with Crippen molar-refractivity contribution in [2.24, 2.45) is 17.4 Å². The third kappa shape index (κ3) is 3.90. The molecule has 1 saturated carbocycles. The number of rotatable bonds is 4. The fourth-order valence-electron chi connectivity index (χ4n) is 0.995. The van der Waals surface area contributed by atoms with Gasteiger partial charge in [0.05, 0.1) is 6.54 Å². The first-order valence-corrected chi connectivity index (χ1v) is 3.96. The van der Waals surface area contributed by atoms with Crippen LogP contribution in [0.4, 0.5) is 0 Å². The zero-order valence-electron chi connectivity index (χ0n) is 6.95. The van der Waals surface area contributed by atoms with E-state index < -0.39 is 0 Å². The third-order valence-corrected chi connectivity index (χ3v) is 1.95. The molecule has 1 aliphatic rings. The van der Waals surface area contributed by atoms with Gasteiger partial charge in [0.15, 0.2) is 0 Å². The van der Waals surface area contributed by atoms with Gasteiger partial charge in [-0.1, -0.05) is 0 Å². The molecule has 1 amide bonds. The van der Waals surface area contributed by atoms with Crippen LogP contribution in [-0.2, 0) is 4.79 Å². The highest BCUT2D eigenvalue weighted by Crippen LogP contribution is 2.31. The van der Waals surface area contributed by atoms with Gasteiger partial charge in [0.2, 0.25) is 5.91 Å². The van der Waals surface area contributed by atoms with Crippen molar-refractivity contribution in [2.45, 2.75) is 18.9 Å². The molecule has 0 aromatic rings. The molecule has 0 heterocycles. The van der Waals surface area contributed by atoms with Crippen molar-refractivity contribution in [2.75, 3.05) is 13.1 Å². The van der Waals surface area contributed by atoms with Crippen LogP contribution in [0.1, 0.15) is 12.8 Å². The SMILES string of the molecule is Cl.NCC(=O)NCC(N)C1CC1. The number of amides is 1. The van der Waals surface area contributed by atoms with Gasteiger partial charge in [0.25, 0.3) is 0 Å². The minimum Gasteiger partial charge on any atom is -0.353 e. The van der Waals surface area contributed by atoms with Crippen molar-refractivity contribution in [3.05, 3.63) is 0 Å². The summed E-state index contributed by atoms with van der Waals surface area (Å²) in [4.78, 5) is 10.7. The second-order valence-electron chi connectivity index (χ2n) is 3.01. The van der Waals surface area contributed by atoms with Gasteiger partial charge in [0, 0.05) is 12.6 Å². The van der Waals surface area contributed by atoms with Crippen LogP contribution in [0.5, 0.6) is 0 Å². The largest absolute Gasteiger partial charge is 0.353 e. The van der Waals surface area contributed by atoms with E-state index in [2.05, 4.69) is 5.32 Å². The van der Waals surface area contributed by atoms with Gasteiger partial charge >= 0.3 is 0 Å². The molecule has 0 radical (unpaired) electrons.